The molecular weight excluding hydrogens is 222 g/mol. The van der Waals surface area contributed by atoms with Gasteiger partial charge in [-0.15, -0.1) is 0 Å². The highest BCUT2D eigenvalue weighted by atomic mass is 32.1. The molecule has 0 aromatic rings. The van der Waals surface area contributed by atoms with E-state index in [-0.39, 0.29) is 6.17 Å². The number of aliphatic imine (C=N–C) groups is 2. The molecule has 2 rings (SSSR count). The highest BCUT2D eigenvalue weighted by Gasteiger charge is 2.26. The third-order valence-corrected chi connectivity index (χ3v) is 2.30. The van der Waals surface area contributed by atoms with Crippen LogP contribution >= 0.6 is 12.2 Å². The second-order valence-corrected chi connectivity index (χ2v) is 4.12. The van der Waals surface area contributed by atoms with E-state index in [4.69, 9.17) is 12.2 Å². The van der Waals surface area contributed by atoms with Crippen LogP contribution in [0.4, 0.5) is 0 Å². The minimum atomic E-state index is -0.132. The zero-order valence-corrected chi connectivity index (χ0v) is 9.93. The Hall–Kier alpha value is -1.69. The summed E-state index contributed by atoms with van der Waals surface area (Å²) in [6, 6.07) is 0. The number of hydrogen-bond acceptors (Lipinski definition) is 4. The molecule has 1 atom stereocenters. The van der Waals surface area contributed by atoms with Gasteiger partial charge in [-0.1, -0.05) is 5.57 Å². The largest absolute Gasteiger partial charge is 0.344 e. The molecule has 0 aromatic heterocycles. The maximum Gasteiger partial charge on any atom is 0.173 e. The first-order valence-electron chi connectivity index (χ1n) is 4.94. The van der Waals surface area contributed by atoms with Crippen molar-refractivity contribution in [1.82, 2.24) is 16.0 Å². The van der Waals surface area contributed by atoms with Crippen LogP contribution in [0.3, 0.4) is 0 Å². The predicted octanol–water partition coefficient (Wildman–Crippen LogP) is 0.628. The van der Waals surface area contributed by atoms with Crippen LogP contribution in [0.5, 0.6) is 0 Å². The van der Waals surface area contributed by atoms with E-state index in [0.29, 0.717) is 10.9 Å². The van der Waals surface area contributed by atoms with Gasteiger partial charge in [0, 0.05) is 6.21 Å². The molecule has 0 saturated carbocycles. The van der Waals surface area contributed by atoms with Gasteiger partial charge in [0.1, 0.15) is 5.70 Å². The Labute approximate surface area is 99.4 Å². The zero-order chi connectivity index (χ0) is 11.5. The van der Waals surface area contributed by atoms with Gasteiger partial charge in [-0.25, -0.2) is 9.98 Å². The summed E-state index contributed by atoms with van der Waals surface area (Å²) in [4.78, 5) is 8.49. The van der Waals surface area contributed by atoms with Crippen LogP contribution < -0.4 is 16.0 Å². The monoisotopic (exact) mass is 235 g/mol. The predicted molar refractivity (Wildman–Crippen MR) is 69.2 cm³/mol. The van der Waals surface area contributed by atoms with Crippen LogP contribution in [0, 0.1) is 0 Å². The van der Waals surface area contributed by atoms with Crippen molar-refractivity contribution in [3.8, 4) is 0 Å². The minimum absolute atomic E-state index is 0.132. The number of nitrogens with one attached hydrogen (secondary N) is 3. The molecule has 5 nitrogen and oxygen atoms in total. The zero-order valence-electron chi connectivity index (χ0n) is 9.11. The number of fused-ring (bicyclic) bond motifs is 1. The Morgan fingerprint density at radius 3 is 3.12 bits per heavy atom. The van der Waals surface area contributed by atoms with Crippen LogP contribution in [0.1, 0.15) is 13.8 Å². The van der Waals surface area contributed by atoms with Crippen molar-refractivity contribution in [2.24, 2.45) is 9.98 Å². The highest BCUT2D eigenvalue weighted by Crippen LogP contribution is 2.13. The molecule has 0 spiro atoms. The summed E-state index contributed by atoms with van der Waals surface area (Å²) in [7, 11) is 0. The first-order valence-corrected chi connectivity index (χ1v) is 5.35. The molecule has 0 amide bonds. The molecule has 6 heteroatoms. The fraction of sp³-hybridized carbons (Fsp3) is 0.300. The maximum atomic E-state index is 5.06. The molecule has 2 heterocycles. The van der Waals surface area contributed by atoms with E-state index in [1.165, 1.54) is 5.57 Å². The summed E-state index contributed by atoms with van der Waals surface area (Å²) in [5.41, 5.74) is 2.09. The summed E-state index contributed by atoms with van der Waals surface area (Å²) in [6.45, 7) is 4.04. The lowest BCUT2D eigenvalue weighted by molar-refractivity contribution is 0.679. The Morgan fingerprint density at radius 2 is 2.38 bits per heavy atom. The molecule has 0 aliphatic carbocycles. The van der Waals surface area contributed by atoms with Crippen molar-refractivity contribution >= 4 is 29.9 Å². The molecule has 0 fully saturated rings. The first kappa shape index (κ1) is 10.8. The quantitative estimate of drug-likeness (QED) is 0.485. The Bertz CT molecular complexity index is 428. The topological polar surface area (TPSA) is 60.8 Å². The molecule has 2 aliphatic heterocycles. The summed E-state index contributed by atoms with van der Waals surface area (Å²) in [5, 5.41) is 9.59. The lowest BCUT2D eigenvalue weighted by Gasteiger charge is -2.23. The number of allylic oxidation sites excluding steroid dienone is 2. The molecule has 1 unspecified atom stereocenters. The number of rotatable bonds is 2. The highest BCUT2D eigenvalue weighted by molar-refractivity contribution is 7.80. The minimum Gasteiger partial charge on any atom is -0.344 e. The van der Waals surface area contributed by atoms with E-state index in [0.717, 1.165) is 5.70 Å². The van der Waals surface area contributed by atoms with E-state index in [2.05, 4.69) is 25.9 Å². The van der Waals surface area contributed by atoms with Gasteiger partial charge in [-0.05, 0) is 32.1 Å². The average molecular weight is 235 g/mol. The first-order chi connectivity index (χ1) is 7.66. The van der Waals surface area contributed by atoms with E-state index in [1.807, 2.05) is 19.9 Å². The molecule has 0 aromatic carbocycles. The molecule has 84 valence electrons. The van der Waals surface area contributed by atoms with Crippen LogP contribution in [0.25, 0.3) is 0 Å². The number of nitrogens with zero attached hydrogens (tertiary/aromatic N) is 2. The summed E-state index contributed by atoms with van der Waals surface area (Å²) in [5.74, 6) is 0.712. The van der Waals surface area contributed by atoms with E-state index < -0.39 is 0 Å². The number of hydrogen-bond donors (Lipinski definition) is 3. The second-order valence-electron chi connectivity index (χ2n) is 3.71. The summed E-state index contributed by atoms with van der Waals surface area (Å²) in [6.07, 6.45) is 5.19. The Morgan fingerprint density at radius 1 is 1.56 bits per heavy atom. The van der Waals surface area contributed by atoms with Gasteiger partial charge in [-0.2, -0.15) is 0 Å². The van der Waals surface area contributed by atoms with Gasteiger partial charge in [0.05, 0.1) is 6.34 Å². The van der Waals surface area contributed by atoms with Crippen molar-refractivity contribution < 1.29 is 0 Å². The van der Waals surface area contributed by atoms with Crippen molar-refractivity contribution in [3.63, 3.8) is 0 Å². The van der Waals surface area contributed by atoms with Crippen LogP contribution in [0.2, 0.25) is 0 Å². The standard InChI is InChI=1S/C10H13N5S/c1-6(2)3-4-11-8-7-9(13-5-12-7)15-10(16)14-8/h3-5,9H,1-2H3,(H,12,13)(H2,14,15,16). The van der Waals surface area contributed by atoms with Crippen LogP contribution in [-0.4, -0.2) is 23.8 Å². The van der Waals surface area contributed by atoms with E-state index >= 15 is 0 Å². The normalized spacial score (nSPS) is 22.6. The SMILES string of the molecule is CC(C)=CC=NC1=C2NC=NC2NC(=S)N1. The fourth-order valence-electron chi connectivity index (χ4n) is 1.34. The molecule has 0 bridgehead atoms. The van der Waals surface area contributed by atoms with Gasteiger partial charge < -0.3 is 16.0 Å². The molecule has 2 aliphatic rings. The Kier molecular flexibility index (Phi) is 3.00. The van der Waals surface area contributed by atoms with Crippen LogP contribution in [-0.2, 0) is 0 Å². The summed E-state index contributed by atoms with van der Waals surface area (Å²) < 4.78 is 0. The van der Waals surface area contributed by atoms with Crippen molar-refractivity contribution in [2.75, 3.05) is 0 Å². The fourth-order valence-corrected chi connectivity index (χ4v) is 1.55. The van der Waals surface area contributed by atoms with E-state index in [1.54, 1.807) is 12.6 Å². The van der Waals surface area contributed by atoms with Crippen molar-refractivity contribution in [1.29, 1.82) is 0 Å². The average Bonchev–Trinajstić information content (AvgIpc) is 2.64. The maximum absolute atomic E-state index is 5.06. The van der Waals surface area contributed by atoms with Crippen molar-refractivity contribution in [2.45, 2.75) is 20.0 Å². The number of thiocarbonyl (C=S) groups is 1. The van der Waals surface area contributed by atoms with Gasteiger partial charge >= 0.3 is 0 Å². The smallest absolute Gasteiger partial charge is 0.173 e. The van der Waals surface area contributed by atoms with Gasteiger partial charge in [0.25, 0.3) is 0 Å². The Balaban J connectivity index is 2.21. The van der Waals surface area contributed by atoms with Crippen LogP contribution in [0.15, 0.2) is 33.2 Å². The molecule has 0 saturated heterocycles. The summed E-state index contributed by atoms with van der Waals surface area (Å²) >= 11 is 5.06. The molecular formula is C10H13N5S. The molecule has 3 N–H and O–H groups in total. The van der Waals surface area contributed by atoms with Crippen molar-refractivity contribution in [3.05, 3.63) is 23.2 Å². The third kappa shape index (κ3) is 2.27. The molecule has 16 heavy (non-hydrogen) atoms. The lowest BCUT2D eigenvalue weighted by atomic mass is 10.3. The molecule has 0 radical (unpaired) electrons. The van der Waals surface area contributed by atoms with Gasteiger partial charge in [0.15, 0.2) is 17.1 Å². The van der Waals surface area contributed by atoms with Gasteiger partial charge in [0.2, 0.25) is 0 Å². The lowest BCUT2D eigenvalue weighted by Crippen LogP contribution is -2.47. The van der Waals surface area contributed by atoms with Gasteiger partial charge in [-0.3, -0.25) is 0 Å². The second kappa shape index (κ2) is 4.44. The van der Waals surface area contributed by atoms with E-state index in [9.17, 15) is 0 Å². The third-order valence-electron chi connectivity index (χ3n) is 2.08.